The summed E-state index contributed by atoms with van der Waals surface area (Å²) < 4.78 is 5.13. The fourth-order valence-electron chi connectivity index (χ4n) is 3.36. The van der Waals surface area contributed by atoms with Crippen LogP contribution in [-0.4, -0.2) is 41.4 Å². The van der Waals surface area contributed by atoms with E-state index in [4.69, 9.17) is 10.1 Å². The molecule has 3 unspecified atom stereocenters. The highest BCUT2D eigenvalue weighted by Crippen LogP contribution is 2.47. The van der Waals surface area contributed by atoms with Crippen LogP contribution < -0.4 is 5.32 Å². The molecule has 112 valence electrons. The quantitative estimate of drug-likeness (QED) is 0.518. The lowest BCUT2D eigenvalue weighted by Crippen LogP contribution is -2.66. The minimum Gasteiger partial charge on any atom is -0.464 e. The van der Waals surface area contributed by atoms with Gasteiger partial charge in [0.15, 0.2) is 0 Å². The molecule has 2 heterocycles. The van der Waals surface area contributed by atoms with Crippen molar-refractivity contribution in [3.05, 3.63) is 0 Å². The third-order valence-corrected chi connectivity index (χ3v) is 5.10. The van der Waals surface area contributed by atoms with Gasteiger partial charge in [0.05, 0.1) is 23.5 Å². The molecule has 2 fully saturated rings. The Kier molecular flexibility index (Phi) is 3.62. The molecule has 0 bridgehead atoms. The summed E-state index contributed by atoms with van der Waals surface area (Å²) in [6, 6.07) is 0. The van der Waals surface area contributed by atoms with E-state index >= 15 is 0 Å². The summed E-state index contributed by atoms with van der Waals surface area (Å²) in [7, 11) is 0. The van der Waals surface area contributed by atoms with Crippen LogP contribution in [0.25, 0.3) is 0 Å². The number of nitrogens with one attached hydrogen (secondary N) is 2. The van der Waals surface area contributed by atoms with Crippen molar-refractivity contribution in [3.8, 4) is 0 Å². The molecule has 0 aromatic heterocycles. The fourth-order valence-corrected chi connectivity index (χ4v) is 3.36. The zero-order valence-corrected chi connectivity index (χ0v) is 12.2. The van der Waals surface area contributed by atoms with Gasteiger partial charge in [0.2, 0.25) is 5.91 Å². The molecule has 20 heavy (non-hydrogen) atoms. The van der Waals surface area contributed by atoms with Crippen LogP contribution in [0, 0.1) is 22.7 Å². The van der Waals surface area contributed by atoms with E-state index in [0.717, 1.165) is 0 Å². The molecule has 6 heteroatoms. The van der Waals surface area contributed by atoms with Crippen molar-refractivity contribution in [3.63, 3.8) is 0 Å². The summed E-state index contributed by atoms with van der Waals surface area (Å²) >= 11 is 0. The van der Waals surface area contributed by atoms with E-state index in [2.05, 4.69) is 5.32 Å². The molecule has 2 aliphatic heterocycles. The van der Waals surface area contributed by atoms with Gasteiger partial charge in [-0.3, -0.25) is 9.59 Å². The number of hydrogen-bond acceptors (Lipinski definition) is 5. The number of carbonyl (C=O) groups is 2. The second kappa shape index (κ2) is 4.84. The maximum Gasteiger partial charge on any atom is 0.314 e. The van der Waals surface area contributed by atoms with Gasteiger partial charge in [-0.1, -0.05) is 6.92 Å². The van der Waals surface area contributed by atoms with E-state index in [9.17, 15) is 14.7 Å². The predicted octanol–water partition coefficient (Wildman–Crippen LogP) is 0.483. The van der Waals surface area contributed by atoms with Gasteiger partial charge in [0.25, 0.3) is 0 Å². The highest BCUT2D eigenvalue weighted by Gasteiger charge is 2.58. The van der Waals surface area contributed by atoms with Gasteiger partial charge in [-0.25, -0.2) is 0 Å². The summed E-state index contributed by atoms with van der Waals surface area (Å²) in [4.78, 5) is 24.4. The first-order valence-corrected chi connectivity index (χ1v) is 6.96. The van der Waals surface area contributed by atoms with Crippen LogP contribution in [0.5, 0.6) is 0 Å². The smallest absolute Gasteiger partial charge is 0.314 e. The molecule has 0 aromatic carbocycles. The number of piperidine rings is 1. The maximum atomic E-state index is 12.3. The predicted molar refractivity (Wildman–Crippen MR) is 72.3 cm³/mol. The Bertz CT molecular complexity index is 458. The highest BCUT2D eigenvalue weighted by molar-refractivity contribution is 5.95. The van der Waals surface area contributed by atoms with Crippen molar-refractivity contribution in [2.24, 2.45) is 17.3 Å². The molecule has 0 spiro atoms. The van der Waals surface area contributed by atoms with Gasteiger partial charge in [-0.15, -0.1) is 0 Å². The topological polar surface area (TPSA) is 99.5 Å². The first-order valence-electron chi connectivity index (χ1n) is 6.96. The average Bonchev–Trinajstić information content (AvgIpc) is 2.39. The summed E-state index contributed by atoms with van der Waals surface area (Å²) in [5.41, 5.74) is -1.44. The molecule has 2 rings (SSSR count). The summed E-state index contributed by atoms with van der Waals surface area (Å²) in [5, 5.41) is 20.5. The Hall–Kier alpha value is -1.43. The number of fused-ring (bicyclic) bond motifs is 1. The number of aliphatic hydroxyl groups excluding tert-OH is 1. The standard InChI is InChI=1S/C14H22N2O4/c1-4-14(7-17)10-5-13(3,8(2)15)16-11(18)9(10)6-20-12(14)19/h9-10,15,17H,4-7H2,1-3H3,(H,16,18)/t9?,10?,13?,14-/m0/s1. The fraction of sp³-hybridized carbons (Fsp3) is 0.786. The van der Waals surface area contributed by atoms with Gasteiger partial charge in [-0.05, 0) is 32.6 Å². The number of aliphatic hydroxyl groups is 1. The van der Waals surface area contributed by atoms with Crippen molar-refractivity contribution in [2.75, 3.05) is 13.2 Å². The highest BCUT2D eigenvalue weighted by atomic mass is 16.5. The molecule has 0 radical (unpaired) electrons. The lowest BCUT2D eigenvalue weighted by molar-refractivity contribution is -0.186. The van der Waals surface area contributed by atoms with Crippen molar-refractivity contribution in [2.45, 2.75) is 39.2 Å². The third-order valence-electron chi connectivity index (χ3n) is 5.10. The Morgan fingerprint density at radius 2 is 2.20 bits per heavy atom. The summed E-state index contributed by atoms with van der Waals surface area (Å²) in [5.74, 6) is -1.36. The van der Waals surface area contributed by atoms with Crippen molar-refractivity contribution in [1.82, 2.24) is 5.32 Å². The van der Waals surface area contributed by atoms with E-state index < -0.39 is 22.8 Å². The van der Waals surface area contributed by atoms with E-state index in [1.807, 2.05) is 6.92 Å². The third kappa shape index (κ3) is 1.93. The average molecular weight is 282 g/mol. The van der Waals surface area contributed by atoms with E-state index in [-0.39, 0.29) is 25.0 Å². The van der Waals surface area contributed by atoms with Crippen LogP contribution in [0.15, 0.2) is 0 Å². The number of rotatable bonds is 3. The Labute approximate surface area is 118 Å². The van der Waals surface area contributed by atoms with Gasteiger partial charge in [0, 0.05) is 5.71 Å². The maximum absolute atomic E-state index is 12.3. The van der Waals surface area contributed by atoms with Gasteiger partial charge in [-0.2, -0.15) is 0 Å². The zero-order chi connectivity index (χ0) is 15.1. The van der Waals surface area contributed by atoms with E-state index in [0.29, 0.717) is 18.6 Å². The van der Waals surface area contributed by atoms with Crippen molar-refractivity contribution >= 4 is 17.6 Å². The second-order valence-corrected chi connectivity index (χ2v) is 6.13. The summed E-state index contributed by atoms with van der Waals surface area (Å²) in [6.07, 6.45) is 0.895. The van der Waals surface area contributed by atoms with Crippen LogP contribution in [-0.2, 0) is 14.3 Å². The molecular weight excluding hydrogens is 260 g/mol. The van der Waals surface area contributed by atoms with E-state index in [1.165, 1.54) is 0 Å². The minimum atomic E-state index is -1.03. The monoisotopic (exact) mass is 282 g/mol. The Morgan fingerprint density at radius 1 is 1.55 bits per heavy atom. The molecule has 0 aliphatic carbocycles. The number of esters is 1. The first-order chi connectivity index (χ1) is 9.30. The van der Waals surface area contributed by atoms with Crippen LogP contribution >= 0.6 is 0 Å². The number of amides is 1. The molecule has 0 aromatic rings. The normalized spacial score (nSPS) is 40.6. The first kappa shape index (κ1) is 15.0. The molecule has 2 aliphatic rings. The van der Waals surface area contributed by atoms with Crippen LogP contribution in [0.4, 0.5) is 0 Å². The number of carbonyl (C=O) groups excluding carboxylic acids is 2. The van der Waals surface area contributed by atoms with Crippen molar-refractivity contribution < 1.29 is 19.4 Å². The zero-order valence-electron chi connectivity index (χ0n) is 12.2. The number of hydrogen-bond donors (Lipinski definition) is 3. The second-order valence-electron chi connectivity index (χ2n) is 6.13. The van der Waals surface area contributed by atoms with Gasteiger partial charge < -0.3 is 20.6 Å². The SMILES string of the molecule is CC[C@@]1(CO)C(=O)OCC2C(=O)NC(C)(C(C)=N)CC21. The van der Waals surface area contributed by atoms with Crippen molar-refractivity contribution in [1.29, 1.82) is 5.41 Å². The van der Waals surface area contributed by atoms with Crippen LogP contribution in [0.2, 0.25) is 0 Å². The molecular formula is C14H22N2O4. The Morgan fingerprint density at radius 3 is 2.70 bits per heavy atom. The van der Waals surface area contributed by atoms with Crippen LogP contribution in [0.1, 0.15) is 33.6 Å². The summed E-state index contributed by atoms with van der Waals surface area (Å²) in [6.45, 7) is 4.99. The van der Waals surface area contributed by atoms with Gasteiger partial charge >= 0.3 is 5.97 Å². The Balaban J connectivity index is 2.44. The molecule has 1 amide bonds. The number of ether oxygens (including phenoxy) is 1. The number of cyclic esters (lactones) is 1. The molecule has 6 nitrogen and oxygen atoms in total. The molecule has 3 N–H and O–H groups in total. The van der Waals surface area contributed by atoms with E-state index in [1.54, 1.807) is 13.8 Å². The lowest BCUT2D eigenvalue weighted by atomic mass is 9.60. The molecule has 0 saturated carbocycles. The molecule has 2 saturated heterocycles. The van der Waals surface area contributed by atoms with Gasteiger partial charge in [0.1, 0.15) is 6.61 Å². The molecule has 4 atom stereocenters. The lowest BCUT2D eigenvalue weighted by Gasteiger charge is -2.51. The largest absolute Gasteiger partial charge is 0.464 e. The minimum absolute atomic E-state index is 0.0597. The van der Waals surface area contributed by atoms with Crippen LogP contribution in [0.3, 0.4) is 0 Å².